The minimum Gasteiger partial charge on any atom is -0.344 e. The highest BCUT2D eigenvalue weighted by Crippen LogP contribution is 2.19. The SMILES string of the molecule is Cc1ccc(-c2noc([C@H](C)NC(=O)C(C)C)n2)cc1. The van der Waals surface area contributed by atoms with E-state index in [0.717, 1.165) is 5.56 Å². The van der Waals surface area contributed by atoms with E-state index in [1.165, 1.54) is 5.56 Å². The van der Waals surface area contributed by atoms with E-state index in [0.29, 0.717) is 11.7 Å². The van der Waals surface area contributed by atoms with E-state index >= 15 is 0 Å². The topological polar surface area (TPSA) is 68.0 Å². The third kappa shape index (κ3) is 3.23. The van der Waals surface area contributed by atoms with Crippen LogP contribution in [0.1, 0.15) is 38.3 Å². The van der Waals surface area contributed by atoms with Crippen LogP contribution in [0.4, 0.5) is 0 Å². The van der Waals surface area contributed by atoms with Crippen molar-refractivity contribution >= 4 is 5.91 Å². The van der Waals surface area contributed by atoms with Gasteiger partial charge in [0.1, 0.15) is 6.04 Å². The largest absolute Gasteiger partial charge is 0.344 e. The number of nitrogens with one attached hydrogen (secondary N) is 1. The van der Waals surface area contributed by atoms with Gasteiger partial charge in [-0.15, -0.1) is 0 Å². The number of amides is 1. The maximum atomic E-state index is 11.6. The van der Waals surface area contributed by atoms with Gasteiger partial charge < -0.3 is 9.84 Å². The van der Waals surface area contributed by atoms with E-state index in [2.05, 4.69) is 15.5 Å². The number of hydrogen-bond donors (Lipinski definition) is 1. The molecule has 106 valence electrons. The van der Waals surface area contributed by atoms with Crippen LogP contribution in [0, 0.1) is 12.8 Å². The summed E-state index contributed by atoms with van der Waals surface area (Å²) >= 11 is 0. The number of carbonyl (C=O) groups excluding carboxylic acids is 1. The first kappa shape index (κ1) is 14.2. The van der Waals surface area contributed by atoms with Gasteiger partial charge in [0.05, 0.1) is 0 Å². The van der Waals surface area contributed by atoms with Gasteiger partial charge in [-0.2, -0.15) is 4.98 Å². The summed E-state index contributed by atoms with van der Waals surface area (Å²) in [4.78, 5) is 16.0. The monoisotopic (exact) mass is 273 g/mol. The van der Waals surface area contributed by atoms with Crippen molar-refractivity contribution in [1.82, 2.24) is 15.5 Å². The minimum atomic E-state index is -0.295. The lowest BCUT2D eigenvalue weighted by atomic mass is 10.1. The van der Waals surface area contributed by atoms with Crippen LogP contribution in [0.25, 0.3) is 11.4 Å². The second kappa shape index (κ2) is 5.86. The average molecular weight is 273 g/mol. The highest BCUT2D eigenvalue weighted by molar-refractivity contribution is 5.78. The Morgan fingerprint density at radius 2 is 1.85 bits per heavy atom. The molecule has 2 rings (SSSR count). The van der Waals surface area contributed by atoms with Crippen LogP contribution in [-0.2, 0) is 4.79 Å². The van der Waals surface area contributed by atoms with Crippen molar-refractivity contribution in [3.8, 4) is 11.4 Å². The van der Waals surface area contributed by atoms with Gasteiger partial charge >= 0.3 is 0 Å². The molecule has 0 unspecified atom stereocenters. The fraction of sp³-hybridized carbons (Fsp3) is 0.400. The zero-order chi connectivity index (χ0) is 14.7. The molecule has 0 aliphatic rings. The second-order valence-electron chi connectivity index (χ2n) is 5.21. The Hall–Kier alpha value is -2.17. The van der Waals surface area contributed by atoms with Crippen LogP contribution in [0.5, 0.6) is 0 Å². The lowest BCUT2D eigenvalue weighted by Crippen LogP contribution is -2.30. The van der Waals surface area contributed by atoms with Crippen LogP contribution in [0.2, 0.25) is 0 Å². The zero-order valence-corrected chi connectivity index (χ0v) is 12.2. The number of aromatic nitrogens is 2. The van der Waals surface area contributed by atoms with Crippen LogP contribution >= 0.6 is 0 Å². The maximum absolute atomic E-state index is 11.6. The molecule has 0 radical (unpaired) electrons. The van der Waals surface area contributed by atoms with E-state index in [1.54, 1.807) is 0 Å². The van der Waals surface area contributed by atoms with E-state index in [4.69, 9.17) is 4.52 Å². The molecule has 5 nitrogen and oxygen atoms in total. The standard InChI is InChI=1S/C15H19N3O2/c1-9(2)14(19)16-11(4)15-17-13(18-20-15)12-7-5-10(3)6-8-12/h5-9,11H,1-4H3,(H,16,19)/t11-/m0/s1. The summed E-state index contributed by atoms with van der Waals surface area (Å²) < 4.78 is 5.22. The predicted molar refractivity (Wildman–Crippen MR) is 75.9 cm³/mol. The molecule has 1 amide bonds. The van der Waals surface area contributed by atoms with Gasteiger partial charge in [-0.3, -0.25) is 4.79 Å². The molecule has 0 saturated carbocycles. The van der Waals surface area contributed by atoms with Crippen LogP contribution in [-0.4, -0.2) is 16.0 Å². The Bertz CT molecular complexity index is 587. The van der Waals surface area contributed by atoms with Crippen molar-refractivity contribution in [3.05, 3.63) is 35.7 Å². The molecular weight excluding hydrogens is 254 g/mol. The van der Waals surface area contributed by atoms with Crippen molar-refractivity contribution in [2.45, 2.75) is 33.7 Å². The predicted octanol–water partition coefficient (Wildman–Crippen LogP) is 2.88. The fourth-order valence-electron chi connectivity index (χ4n) is 1.67. The molecule has 1 N–H and O–H groups in total. The fourth-order valence-corrected chi connectivity index (χ4v) is 1.67. The summed E-state index contributed by atoms with van der Waals surface area (Å²) in [5.74, 6) is 0.838. The smallest absolute Gasteiger partial charge is 0.249 e. The number of rotatable bonds is 4. The van der Waals surface area contributed by atoms with Gasteiger partial charge in [-0.05, 0) is 13.8 Å². The van der Waals surface area contributed by atoms with Gasteiger partial charge in [0.15, 0.2) is 0 Å². The van der Waals surface area contributed by atoms with E-state index in [-0.39, 0.29) is 17.9 Å². The number of benzene rings is 1. The van der Waals surface area contributed by atoms with Crippen molar-refractivity contribution in [3.63, 3.8) is 0 Å². The van der Waals surface area contributed by atoms with Gasteiger partial charge in [-0.25, -0.2) is 0 Å². The summed E-state index contributed by atoms with van der Waals surface area (Å²) in [6.07, 6.45) is 0. The Kier molecular flexibility index (Phi) is 4.17. The van der Waals surface area contributed by atoms with Crippen molar-refractivity contribution in [2.24, 2.45) is 5.92 Å². The molecule has 0 saturated heterocycles. The van der Waals surface area contributed by atoms with Crippen molar-refractivity contribution in [1.29, 1.82) is 0 Å². The van der Waals surface area contributed by atoms with Gasteiger partial charge in [-0.1, -0.05) is 48.8 Å². The first-order chi connectivity index (χ1) is 9.47. The molecular formula is C15H19N3O2. The van der Waals surface area contributed by atoms with Crippen LogP contribution in [0.3, 0.4) is 0 Å². The van der Waals surface area contributed by atoms with Crippen molar-refractivity contribution in [2.75, 3.05) is 0 Å². The molecule has 1 aromatic heterocycles. The molecule has 0 aliphatic carbocycles. The highest BCUT2D eigenvalue weighted by Gasteiger charge is 2.18. The Labute approximate surface area is 118 Å². The highest BCUT2D eigenvalue weighted by atomic mass is 16.5. The normalized spacial score (nSPS) is 12.4. The summed E-state index contributed by atoms with van der Waals surface area (Å²) in [6.45, 7) is 7.53. The average Bonchev–Trinajstić information content (AvgIpc) is 2.89. The Morgan fingerprint density at radius 3 is 2.45 bits per heavy atom. The van der Waals surface area contributed by atoms with Gasteiger partial charge in [0, 0.05) is 11.5 Å². The second-order valence-corrected chi connectivity index (χ2v) is 5.21. The molecule has 1 heterocycles. The molecule has 1 atom stereocenters. The van der Waals surface area contributed by atoms with Crippen LogP contribution < -0.4 is 5.32 Å². The number of carbonyl (C=O) groups is 1. The van der Waals surface area contributed by atoms with E-state index < -0.39 is 0 Å². The quantitative estimate of drug-likeness (QED) is 0.930. The number of nitrogens with zero attached hydrogens (tertiary/aromatic N) is 2. The third-order valence-corrected chi connectivity index (χ3v) is 3.01. The molecule has 0 bridgehead atoms. The number of hydrogen-bond acceptors (Lipinski definition) is 4. The Morgan fingerprint density at radius 1 is 1.20 bits per heavy atom. The Balaban J connectivity index is 2.12. The summed E-state index contributed by atoms with van der Waals surface area (Å²) in [7, 11) is 0. The molecule has 0 fully saturated rings. The maximum Gasteiger partial charge on any atom is 0.249 e. The van der Waals surface area contributed by atoms with Crippen molar-refractivity contribution < 1.29 is 9.32 Å². The lowest BCUT2D eigenvalue weighted by molar-refractivity contribution is -0.124. The van der Waals surface area contributed by atoms with Gasteiger partial charge in [0.25, 0.3) is 0 Å². The third-order valence-electron chi connectivity index (χ3n) is 3.01. The van der Waals surface area contributed by atoms with E-state index in [9.17, 15) is 4.79 Å². The summed E-state index contributed by atoms with van der Waals surface area (Å²) in [6, 6.07) is 7.59. The zero-order valence-electron chi connectivity index (χ0n) is 12.2. The van der Waals surface area contributed by atoms with E-state index in [1.807, 2.05) is 52.0 Å². The lowest BCUT2D eigenvalue weighted by Gasteiger charge is -2.11. The number of aryl methyl sites for hydroxylation is 1. The molecule has 0 aliphatic heterocycles. The summed E-state index contributed by atoms with van der Waals surface area (Å²) in [5, 5.41) is 6.79. The summed E-state index contributed by atoms with van der Waals surface area (Å²) in [5.41, 5.74) is 2.07. The molecule has 20 heavy (non-hydrogen) atoms. The molecule has 1 aromatic carbocycles. The molecule has 5 heteroatoms. The molecule has 0 spiro atoms. The minimum absolute atomic E-state index is 0.0346. The first-order valence-corrected chi connectivity index (χ1v) is 6.68. The van der Waals surface area contributed by atoms with Crippen LogP contribution in [0.15, 0.2) is 28.8 Å². The first-order valence-electron chi connectivity index (χ1n) is 6.68. The molecule has 2 aromatic rings. The van der Waals surface area contributed by atoms with Gasteiger partial charge in [0.2, 0.25) is 17.6 Å².